The molecule has 1 heteroatoms. The van der Waals surface area contributed by atoms with Gasteiger partial charge in [0.2, 0.25) is 0 Å². The van der Waals surface area contributed by atoms with E-state index in [4.69, 9.17) is 0 Å². The first-order chi connectivity index (χ1) is 7.36. The van der Waals surface area contributed by atoms with Gasteiger partial charge in [-0.25, -0.2) is 0 Å². The molecule has 1 aromatic carbocycles. The fraction of sp³-hybridized carbons (Fsp3) is 0.357. The predicted octanol–water partition coefficient (Wildman–Crippen LogP) is 3.66. The summed E-state index contributed by atoms with van der Waals surface area (Å²) in [6.45, 7) is 2.03. The molecule has 0 aliphatic rings. The van der Waals surface area contributed by atoms with Gasteiger partial charge in [-0.1, -0.05) is 36.4 Å². The molecule has 0 saturated heterocycles. The second-order valence-corrected chi connectivity index (χ2v) is 3.55. The minimum absolute atomic E-state index is 1.07. The van der Waals surface area contributed by atoms with Crippen molar-refractivity contribution in [2.45, 2.75) is 26.2 Å². The summed E-state index contributed by atoms with van der Waals surface area (Å²) in [4.78, 5) is 4.24. The Morgan fingerprint density at radius 3 is 2.60 bits per heavy atom. The summed E-state index contributed by atoms with van der Waals surface area (Å²) >= 11 is 0. The van der Waals surface area contributed by atoms with Gasteiger partial charge in [0.15, 0.2) is 0 Å². The molecule has 1 rings (SSSR count). The van der Waals surface area contributed by atoms with Crippen molar-refractivity contribution in [2.75, 3.05) is 7.05 Å². The molecule has 0 N–H and O–H groups in total. The van der Waals surface area contributed by atoms with Crippen molar-refractivity contribution in [3.05, 3.63) is 48.0 Å². The summed E-state index contributed by atoms with van der Waals surface area (Å²) in [5.74, 6) is 0. The molecule has 0 aliphatic heterocycles. The van der Waals surface area contributed by atoms with Gasteiger partial charge in [-0.05, 0) is 37.8 Å². The Balaban J connectivity index is 2.33. The average Bonchev–Trinajstić information content (AvgIpc) is 2.29. The van der Waals surface area contributed by atoms with E-state index in [9.17, 15) is 0 Å². The summed E-state index contributed by atoms with van der Waals surface area (Å²) < 4.78 is 0. The SMILES string of the molecule is CC=CC(CCCc1ccccc1)=NC. The van der Waals surface area contributed by atoms with Crippen LogP contribution in [0.25, 0.3) is 0 Å². The number of aliphatic imine (C=N–C) groups is 1. The van der Waals surface area contributed by atoms with Crippen LogP contribution in [-0.4, -0.2) is 12.8 Å². The van der Waals surface area contributed by atoms with Crippen molar-refractivity contribution >= 4 is 5.71 Å². The van der Waals surface area contributed by atoms with Crippen LogP contribution in [0, 0.1) is 0 Å². The van der Waals surface area contributed by atoms with Crippen LogP contribution in [-0.2, 0) is 6.42 Å². The summed E-state index contributed by atoms with van der Waals surface area (Å²) in [5.41, 5.74) is 2.60. The molecule has 0 saturated carbocycles. The molecule has 0 unspecified atom stereocenters. The quantitative estimate of drug-likeness (QED) is 0.645. The van der Waals surface area contributed by atoms with Gasteiger partial charge in [-0.2, -0.15) is 0 Å². The number of hydrogen-bond acceptors (Lipinski definition) is 1. The summed E-state index contributed by atoms with van der Waals surface area (Å²) in [5, 5.41) is 0. The zero-order valence-electron chi connectivity index (χ0n) is 9.61. The third kappa shape index (κ3) is 4.59. The van der Waals surface area contributed by atoms with Crippen LogP contribution < -0.4 is 0 Å². The number of hydrogen-bond donors (Lipinski definition) is 0. The van der Waals surface area contributed by atoms with Gasteiger partial charge in [-0.3, -0.25) is 4.99 Å². The number of rotatable bonds is 5. The minimum Gasteiger partial charge on any atom is -0.293 e. The van der Waals surface area contributed by atoms with Gasteiger partial charge in [0.05, 0.1) is 0 Å². The van der Waals surface area contributed by atoms with Crippen LogP contribution >= 0.6 is 0 Å². The van der Waals surface area contributed by atoms with Crippen LogP contribution in [0.2, 0.25) is 0 Å². The molecular weight excluding hydrogens is 182 g/mol. The summed E-state index contributed by atoms with van der Waals surface area (Å²) in [6, 6.07) is 10.6. The molecule has 0 aromatic heterocycles. The Kier molecular flexibility index (Phi) is 5.46. The van der Waals surface area contributed by atoms with Gasteiger partial charge in [0, 0.05) is 12.8 Å². The zero-order valence-corrected chi connectivity index (χ0v) is 9.61. The van der Waals surface area contributed by atoms with Crippen molar-refractivity contribution in [3.8, 4) is 0 Å². The molecule has 0 spiro atoms. The van der Waals surface area contributed by atoms with Crippen LogP contribution in [0.5, 0.6) is 0 Å². The molecule has 1 nitrogen and oxygen atoms in total. The van der Waals surface area contributed by atoms with Gasteiger partial charge in [-0.15, -0.1) is 0 Å². The van der Waals surface area contributed by atoms with Gasteiger partial charge in [0.25, 0.3) is 0 Å². The topological polar surface area (TPSA) is 12.4 Å². The molecule has 1 aromatic rings. The molecular formula is C14H19N. The Labute approximate surface area is 92.6 Å². The van der Waals surface area contributed by atoms with Crippen molar-refractivity contribution in [3.63, 3.8) is 0 Å². The van der Waals surface area contributed by atoms with Gasteiger partial charge < -0.3 is 0 Å². The van der Waals surface area contributed by atoms with E-state index in [2.05, 4.69) is 41.4 Å². The fourth-order valence-electron chi connectivity index (χ4n) is 1.58. The van der Waals surface area contributed by atoms with E-state index < -0.39 is 0 Å². The lowest BCUT2D eigenvalue weighted by molar-refractivity contribution is 0.866. The maximum Gasteiger partial charge on any atom is 0.0341 e. The largest absolute Gasteiger partial charge is 0.293 e. The first-order valence-electron chi connectivity index (χ1n) is 5.49. The van der Waals surface area contributed by atoms with Crippen LogP contribution in [0.1, 0.15) is 25.3 Å². The van der Waals surface area contributed by atoms with Crippen molar-refractivity contribution < 1.29 is 0 Å². The third-order valence-electron chi connectivity index (χ3n) is 2.39. The Morgan fingerprint density at radius 2 is 2.00 bits per heavy atom. The average molecular weight is 201 g/mol. The Hall–Kier alpha value is -1.37. The van der Waals surface area contributed by atoms with E-state index in [0.717, 1.165) is 12.8 Å². The number of aryl methyl sites for hydroxylation is 1. The first kappa shape index (κ1) is 11.7. The minimum atomic E-state index is 1.07. The third-order valence-corrected chi connectivity index (χ3v) is 2.39. The molecule has 15 heavy (non-hydrogen) atoms. The summed E-state index contributed by atoms with van der Waals surface area (Å²) in [7, 11) is 1.86. The molecule has 0 amide bonds. The highest BCUT2D eigenvalue weighted by molar-refractivity contribution is 5.94. The standard InChI is InChI=1S/C14H19N/c1-3-8-14(15-2)12-7-11-13-9-5-4-6-10-13/h3-6,8-10H,7,11-12H2,1-2H3. The highest BCUT2D eigenvalue weighted by Crippen LogP contribution is 2.05. The Morgan fingerprint density at radius 1 is 1.27 bits per heavy atom. The fourth-order valence-corrected chi connectivity index (χ4v) is 1.58. The molecule has 0 bridgehead atoms. The molecule has 0 heterocycles. The first-order valence-corrected chi connectivity index (χ1v) is 5.49. The number of nitrogens with zero attached hydrogens (tertiary/aromatic N) is 1. The maximum atomic E-state index is 4.24. The molecule has 0 atom stereocenters. The molecule has 0 radical (unpaired) electrons. The lowest BCUT2D eigenvalue weighted by atomic mass is 10.1. The number of allylic oxidation sites excluding steroid dienone is 2. The molecule has 0 aliphatic carbocycles. The van der Waals surface area contributed by atoms with E-state index in [1.54, 1.807) is 0 Å². The second-order valence-electron chi connectivity index (χ2n) is 3.55. The van der Waals surface area contributed by atoms with Crippen molar-refractivity contribution in [2.24, 2.45) is 4.99 Å². The zero-order chi connectivity index (χ0) is 10.9. The van der Waals surface area contributed by atoms with Crippen LogP contribution in [0.3, 0.4) is 0 Å². The lowest BCUT2D eigenvalue weighted by Crippen LogP contribution is -1.95. The lowest BCUT2D eigenvalue weighted by Gasteiger charge is -2.01. The van der Waals surface area contributed by atoms with E-state index in [1.807, 2.05) is 20.0 Å². The second kappa shape index (κ2) is 6.99. The molecule has 80 valence electrons. The highest BCUT2D eigenvalue weighted by atomic mass is 14.7. The normalized spacial score (nSPS) is 12.3. The molecule has 0 fully saturated rings. The van der Waals surface area contributed by atoms with Gasteiger partial charge >= 0.3 is 0 Å². The Bertz CT molecular complexity index is 322. The van der Waals surface area contributed by atoms with Crippen LogP contribution in [0.15, 0.2) is 47.5 Å². The van der Waals surface area contributed by atoms with Crippen molar-refractivity contribution in [1.82, 2.24) is 0 Å². The highest BCUT2D eigenvalue weighted by Gasteiger charge is 1.95. The number of benzene rings is 1. The van der Waals surface area contributed by atoms with E-state index in [1.165, 1.54) is 17.7 Å². The van der Waals surface area contributed by atoms with Gasteiger partial charge in [0.1, 0.15) is 0 Å². The predicted molar refractivity (Wildman–Crippen MR) is 67.6 cm³/mol. The van der Waals surface area contributed by atoms with Crippen molar-refractivity contribution in [1.29, 1.82) is 0 Å². The summed E-state index contributed by atoms with van der Waals surface area (Å²) in [6.07, 6.45) is 7.50. The van der Waals surface area contributed by atoms with Crippen LogP contribution in [0.4, 0.5) is 0 Å². The maximum absolute atomic E-state index is 4.24. The van der Waals surface area contributed by atoms with E-state index in [-0.39, 0.29) is 0 Å². The van der Waals surface area contributed by atoms with E-state index >= 15 is 0 Å². The monoisotopic (exact) mass is 201 g/mol. The smallest absolute Gasteiger partial charge is 0.0341 e. The van der Waals surface area contributed by atoms with E-state index in [0.29, 0.717) is 0 Å².